The molecule has 0 amide bonds. The van der Waals surface area contributed by atoms with Crippen molar-refractivity contribution in [3.8, 4) is 5.75 Å². The van der Waals surface area contributed by atoms with Crippen LogP contribution in [-0.4, -0.2) is 27.2 Å². The number of halogens is 2. The maximum absolute atomic E-state index is 11.6. The van der Waals surface area contributed by atoms with Gasteiger partial charge in [0.05, 0.1) is 0 Å². The van der Waals surface area contributed by atoms with Gasteiger partial charge in [-0.2, -0.15) is 0 Å². The van der Waals surface area contributed by atoms with Crippen LogP contribution in [0.3, 0.4) is 0 Å². The standard InChI is InChI=1S/C11H13Cl2O6P/c1-2-9(20(15,16)17)19-11(14)10(13)18-8-5-3-7(12)4-6-8/h3-6,9-10H,2H2,1H3,(H2,15,16,17). The van der Waals surface area contributed by atoms with Gasteiger partial charge in [0.15, 0.2) is 0 Å². The number of carbonyl (C=O) groups is 1. The molecule has 0 saturated carbocycles. The van der Waals surface area contributed by atoms with Gasteiger partial charge < -0.3 is 19.3 Å². The minimum atomic E-state index is -4.53. The first-order chi connectivity index (χ1) is 9.24. The number of hydrogen-bond donors (Lipinski definition) is 2. The van der Waals surface area contributed by atoms with Crippen LogP contribution in [-0.2, 0) is 14.1 Å². The highest BCUT2D eigenvalue weighted by atomic mass is 35.5. The van der Waals surface area contributed by atoms with Crippen LogP contribution in [0.25, 0.3) is 0 Å². The maximum atomic E-state index is 11.6. The average Bonchev–Trinajstić information content (AvgIpc) is 2.36. The molecule has 0 aliphatic rings. The van der Waals surface area contributed by atoms with Crippen molar-refractivity contribution in [2.75, 3.05) is 0 Å². The zero-order valence-electron chi connectivity index (χ0n) is 10.4. The predicted octanol–water partition coefficient (Wildman–Crippen LogP) is 2.74. The van der Waals surface area contributed by atoms with E-state index < -0.39 is 25.0 Å². The van der Waals surface area contributed by atoms with Crippen molar-refractivity contribution in [3.05, 3.63) is 29.3 Å². The van der Waals surface area contributed by atoms with Crippen molar-refractivity contribution < 1.29 is 28.6 Å². The highest BCUT2D eigenvalue weighted by molar-refractivity contribution is 7.52. The fourth-order valence-electron chi connectivity index (χ4n) is 1.26. The van der Waals surface area contributed by atoms with E-state index in [2.05, 4.69) is 4.74 Å². The first-order valence-corrected chi connectivity index (χ1v) is 8.05. The number of esters is 1. The summed E-state index contributed by atoms with van der Waals surface area (Å²) in [6, 6.07) is 6.06. The third kappa shape index (κ3) is 5.31. The molecule has 0 aliphatic heterocycles. The fraction of sp³-hybridized carbons (Fsp3) is 0.364. The molecule has 2 N–H and O–H groups in total. The van der Waals surface area contributed by atoms with Gasteiger partial charge in [0.25, 0.3) is 5.56 Å². The Morgan fingerprint density at radius 2 is 1.90 bits per heavy atom. The topological polar surface area (TPSA) is 93.1 Å². The lowest BCUT2D eigenvalue weighted by Gasteiger charge is -2.19. The van der Waals surface area contributed by atoms with Crippen molar-refractivity contribution in [1.29, 1.82) is 0 Å². The molecule has 1 rings (SSSR count). The van der Waals surface area contributed by atoms with Gasteiger partial charge in [0.2, 0.25) is 5.85 Å². The quantitative estimate of drug-likeness (QED) is 0.469. The number of rotatable bonds is 6. The number of ether oxygens (including phenoxy) is 2. The van der Waals surface area contributed by atoms with Crippen LogP contribution >= 0.6 is 30.8 Å². The van der Waals surface area contributed by atoms with Gasteiger partial charge in [-0.3, -0.25) is 4.57 Å². The van der Waals surface area contributed by atoms with Gasteiger partial charge in [0, 0.05) is 5.02 Å². The van der Waals surface area contributed by atoms with Gasteiger partial charge in [-0.15, -0.1) is 0 Å². The zero-order valence-corrected chi connectivity index (χ0v) is 12.8. The van der Waals surface area contributed by atoms with Gasteiger partial charge in [-0.1, -0.05) is 30.1 Å². The molecule has 9 heteroatoms. The smallest absolute Gasteiger partial charge is 0.365 e. The molecular formula is C11H13Cl2O6P. The number of alkyl halides is 1. The summed E-state index contributed by atoms with van der Waals surface area (Å²) in [6.07, 6.45) is -0.0411. The van der Waals surface area contributed by atoms with Crippen LogP contribution < -0.4 is 4.74 Å². The number of carbonyl (C=O) groups excluding carboxylic acids is 1. The van der Waals surface area contributed by atoms with Crippen molar-refractivity contribution >= 4 is 36.8 Å². The van der Waals surface area contributed by atoms with Crippen LogP contribution in [0.4, 0.5) is 0 Å². The van der Waals surface area contributed by atoms with Gasteiger partial charge in [-0.25, -0.2) is 4.79 Å². The molecule has 1 aromatic rings. The Morgan fingerprint density at radius 3 is 2.35 bits per heavy atom. The molecule has 0 saturated heterocycles. The molecule has 0 heterocycles. The molecule has 2 unspecified atom stereocenters. The molecule has 0 fully saturated rings. The van der Waals surface area contributed by atoms with Gasteiger partial charge in [-0.05, 0) is 30.7 Å². The van der Waals surface area contributed by atoms with E-state index in [9.17, 15) is 9.36 Å². The maximum Gasteiger partial charge on any atom is 0.365 e. The summed E-state index contributed by atoms with van der Waals surface area (Å²) in [5, 5.41) is 0.485. The summed E-state index contributed by atoms with van der Waals surface area (Å²) in [5.74, 6) is -2.34. The van der Waals surface area contributed by atoms with Crippen molar-refractivity contribution in [2.24, 2.45) is 0 Å². The number of hydrogen-bond acceptors (Lipinski definition) is 4. The summed E-state index contributed by atoms with van der Waals surface area (Å²) in [4.78, 5) is 29.5. The fourth-order valence-corrected chi connectivity index (χ4v) is 2.26. The number of benzene rings is 1. The predicted molar refractivity (Wildman–Crippen MR) is 73.9 cm³/mol. The highest BCUT2D eigenvalue weighted by Gasteiger charge is 2.33. The van der Waals surface area contributed by atoms with Gasteiger partial charge >= 0.3 is 13.6 Å². The third-order valence-electron chi connectivity index (χ3n) is 2.22. The van der Waals surface area contributed by atoms with Crippen LogP contribution in [0.2, 0.25) is 5.02 Å². The first-order valence-electron chi connectivity index (χ1n) is 5.56. The Hall–Kier alpha value is -0.780. The van der Waals surface area contributed by atoms with Crippen LogP contribution in [0, 0.1) is 0 Å². The van der Waals surface area contributed by atoms with E-state index >= 15 is 0 Å². The molecule has 2 atom stereocenters. The SMILES string of the molecule is CCC(OC(=O)C(Cl)Oc1ccc(Cl)cc1)P(=O)(O)O. The lowest BCUT2D eigenvalue weighted by atomic mass is 10.3. The molecular weight excluding hydrogens is 330 g/mol. The summed E-state index contributed by atoms with van der Waals surface area (Å²) >= 11 is 11.4. The largest absolute Gasteiger partial charge is 0.463 e. The van der Waals surface area contributed by atoms with E-state index in [1.165, 1.54) is 31.2 Å². The third-order valence-corrected chi connectivity index (χ3v) is 3.96. The zero-order chi connectivity index (χ0) is 15.3. The summed E-state index contributed by atoms with van der Waals surface area (Å²) in [6.45, 7) is 1.47. The molecule has 0 bridgehead atoms. The van der Waals surface area contributed by atoms with E-state index in [-0.39, 0.29) is 12.2 Å². The molecule has 1 aromatic carbocycles. The second-order valence-electron chi connectivity index (χ2n) is 3.78. The highest BCUT2D eigenvalue weighted by Crippen LogP contribution is 2.43. The van der Waals surface area contributed by atoms with Crippen LogP contribution in [0.1, 0.15) is 13.3 Å². The first kappa shape index (κ1) is 17.3. The minimum absolute atomic E-state index is 0.0411. The Labute approximate surface area is 125 Å². The Balaban J connectivity index is 2.63. The Morgan fingerprint density at radius 1 is 1.35 bits per heavy atom. The lowest BCUT2D eigenvalue weighted by molar-refractivity contribution is -0.150. The molecule has 0 spiro atoms. The van der Waals surface area contributed by atoms with E-state index in [1.54, 1.807) is 0 Å². The average molecular weight is 343 g/mol. The normalized spacial score (nSPS) is 14.4. The van der Waals surface area contributed by atoms with E-state index in [0.29, 0.717) is 5.02 Å². The molecule has 20 heavy (non-hydrogen) atoms. The second-order valence-corrected chi connectivity index (χ2v) is 6.36. The van der Waals surface area contributed by atoms with Crippen molar-refractivity contribution in [1.82, 2.24) is 0 Å². The van der Waals surface area contributed by atoms with E-state index in [1.807, 2.05) is 0 Å². The Kier molecular flexibility index (Phi) is 6.30. The van der Waals surface area contributed by atoms with Crippen molar-refractivity contribution in [2.45, 2.75) is 24.8 Å². The monoisotopic (exact) mass is 342 g/mol. The van der Waals surface area contributed by atoms with E-state index in [0.717, 1.165) is 0 Å². The van der Waals surface area contributed by atoms with Crippen LogP contribution in [0.15, 0.2) is 24.3 Å². The molecule has 112 valence electrons. The van der Waals surface area contributed by atoms with Crippen molar-refractivity contribution in [3.63, 3.8) is 0 Å². The minimum Gasteiger partial charge on any atom is -0.463 e. The van der Waals surface area contributed by atoms with Gasteiger partial charge in [0.1, 0.15) is 5.75 Å². The summed E-state index contributed by atoms with van der Waals surface area (Å²) in [7, 11) is -4.53. The van der Waals surface area contributed by atoms with E-state index in [4.69, 9.17) is 37.7 Å². The molecule has 6 nitrogen and oxygen atoms in total. The molecule has 0 radical (unpaired) electrons. The lowest BCUT2D eigenvalue weighted by Crippen LogP contribution is -2.28. The Bertz CT molecular complexity index is 500. The van der Waals surface area contributed by atoms with Crippen LogP contribution in [0.5, 0.6) is 5.75 Å². The molecule has 0 aromatic heterocycles. The second kappa shape index (κ2) is 7.29. The summed E-state index contributed by atoms with van der Waals surface area (Å²) < 4.78 is 20.7. The summed E-state index contributed by atoms with van der Waals surface area (Å²) in [5.41, 5.74) is -1.52. The molecule has 0 aliphatic carbocycles.